The van der Waals surface area contributed by atoms with Gasteiger partial charge in [-0.15, -0.1) is 0 Å². The van der Waals surface area contributed by atoms with E-state index in [1.54, 1.807) is 0 Å². The molecule has 0 aromatic heterocycles. The van der Waals surface area contributed by atoms with Crippen molar-refractivity contribution in [2.45, 2.75) is 106 Å². The Bertz CT molecular complexity index is 382. The van der Waals surface area contributed by atoms with E-state index in [1.807, 2.05) is 41.5 Å². The van der Waals surface area contributed by atoms with Crippen molar-refractivity contribution in [2.24, 2.45) is 11.8 Å². The van der Waals surface area contributed by atoms with Crippen molar-refractivity contribution in [3.05, 3.63) is 0 Å². The third-order valence-corrected chi connectivity index (χ3v) is 3.68. The summed E-state index contributed by atoms with van der Waals surface area (Å²) in [5.41, 5.74) is 0. The molecule has 0 saturated heterocycles. The highest BCUT2D eigenvalue weighted by atomic mass is 16.2. The molecule has 0 spiro atoms. The molecular formula is C22H40O4. The van der Waals surface area contributed by atoms with E-state index in [2.05, 4.69) is 0 Å². The van der Waals surface area contributed by atoms with Crippen molar-refractivity contribution < 1.29 is 19.2 Å². The summed E-state index contributed by atoms with van der Waals surface area (Å²) in [6.45, 7) is 12.1. The molecule has 152 valence electrons. The number of hydrogen-bond acceptors (Lipinski definition) is 4. The van der Waals surface area contributed by atoms with Gasteiger partial charge >= 0.3 is 0 Å². The van der Waals surface area contributed by atoms with Gasteiger partial charge in [0.25, 0.3) is 0 Å². The highest BCUT2D eigenvalue weighted by Gasteiger charge is 2.11. The van der Waals surface area contributed by atoms with Gasteiger partial charge in [0.05, 0.1) is 12.8 Å². The third kappa shape index (κ3) is 20.7. The number of ketones is 4. The minimum absolute atomic E-state index is 0.0936. The molecule has 0 radical (unpaired) electrons. The number of unbranched alkanes of at least 4 members (excludes halogenated alkanes) is 2. The van der Waals surface area contributed by atoms with Gasteiger partial charge in [-0.05, 0) is 24.7 Å². The van der Waals surface area contributed by atoms with Crippen LogP contribution >= 0.6 is 0 Å². The van der Waals surface area contributed by atoms with E-state index in [1.165, 1.54) is 0 Å². The first kappa shape index (κ1) is 26.9. The lowest BCUT2D eigenvalue weighted by molar-refractivity contribution is -0.129. The van der Waals surface area contributed by atoms with Crippen LogP contribution in [0, 0.1) is 11.8 Å². The smallest absolute Gasteiger partial charge is 0.140 e. The number of carbonyl (C=O) groups excluding carboxylic acids is 4. The molecule has 0 aromatic rings. The van der Waals surface area contributed by atoms with Crippen LogP contribution in [-0.2, 0) is 19.2 Å². The van der Waals surface area contributed by atoms with Crippen molar-refractivity contribution in [1.82, 2.24) is 0 Å². The molecule has 26 heavy (non-hydrogen) atoms. The molecule has 0 bridgehead atoms. The number of Topliss-reactive ketones (excluding diaryl/α,β-unsaturated/α-hetero) is 4. The highest BCUT2D eigenvalue weighted by molar-refractivity contribution is 5.99. The number of rotatable bonds is 14. The molecule has 0 amide bonds. The molecule has 0 saturated carbocycles. The largest absolute Gasteiger partial charge is 0.299 e. The third-order valence-electron chi connectivity index (χ3n) is 3.68. The second kappa shape index (κ2) is 17.1. The molecule has 0 aromatic carbocycles. The molecule has 0 N–H and O–H groups in total. The second-order valence-electron chi connectivity index (χ2n) is 7.91. The van der Waals surface area contributed by atoms with Gasteiger partial charge in [0.1, 0.15) is 23.1 Å². The molecule has 4 nitrogen and oxygen atoms in total. The van der Waals surface area contributed by atoms with Crippen molar-refractivity contribution in [3.8, 4) is 0 Å². The van der Waals surface area contributed by atoms with Crippen LogP contribution in [0.3, 0.4) is 0 Å². The highest BCUT2D eigenvalue weighted by Crippen LogP contribution is 2.06. The van der Waals surface area contributed by atoms with E-state index in [9.17, 15) is 19.2 Å². The number of hydrogen-bond donors (Lipinski definition) is 0. The van der Waals surface area contributed by atoms with Gasteiger partial charge in [-0.3, -0.25) is 19.2 Å². The second-order valence-corrected chi connectivity index (χ2v) is 7.91. The van der Waals surface area contributed by atoms with E-state index in [-0.39, 0.29) is 36.0 Å². The molecule has 4 heteroatoms. The summed E-state index contributed by atoms with van der Waals surface area (Å²) in [6.07, 6.45) is 6.38. The van der Waals surface area contributed by atoms with Crippen LogP contribution in [-0.4, -0.2) is 23.1 Å². The van der Waals surface area contributed by atoms with Crippen LogP contribution in [0.2, 0.25) is 0 Å². The van der Waals surface area contributed by atoms with Crippen LogP contribution in [0.15, 0.2) is 0 Å². The molecule has 0 heterocycles. The summed E-state index contributed by atoms with van der Waals surface area (Å²) in [5.74, 6) is 1.13. The SMILES string of the molecule is CCCCC(=O)CC(=O)CC(C)C.CCCCC(=O)CC(=O)CC(C)C. The molecule has 0 aliphatic heterocycles. The number of carbonyl (C=O) groups is 4. The summed E-state index contributed by atoms with van der Waals surface area (Å²) in [6, 6.07) is 0. The summed E-state index contributed by atoms with van der Waals surface area (Å²) in [4.78, 5) is 44.8. The summed E-state index contributed by atoms with van der Waals surface area (Å²) in [7, 11) is 0. The zero-order valence-corrected chi connectivity index (χ0v) is 17.9. The van der Waals surface area contributed by atoms with Gasteiger partial charge in [0, 0.05) is 25.7 Å². The Hall–Kier alpha value is -1.32. The zero-order chi connectivity index (χ0) is 20.5. The van der Waals surface area contributed by atoms with E-state index in [4.69, 9.17) is 0 Å². The van der Waals surface area contributed by atoms with E-state index < -0.39 is 0 Å². The van der Waals surface area contributed by atoms with Crippen molar-refractivity contribution in [2.75, 3.05) is 0 Å². The summed E-state index contributed by atoms with van der Waals surface area (Å²) >= 11 is 0. The van der Waals surface area contributed by atoms with Crippen molar-refractivity contribution >= 4 is 23.1 Å². The van der Waals surface area contributed by atoms with Crippen molar-refractivity contribution in [3.63, 3.8) is 0 Å². The topological polar surface area (TPSA) is 68.3 Å². The lowest BCUT2D eigenvalue weighted by atomic mass is 10.0. The minimum atomic E-state index is 0.0936. The Balaban J connectivity index is 0. The first-order chi connectivity index (χ1) is 12.1. The average molecular weight is 369 g/mol. The first-order valence-electron chi connectivity index (χ1n) is 10.2. The monoisotopic (exact) mass is 368 g/mol. The Morgan fingerprint density at radius 3 is 1.12 bits per heavy atom. The minimum Gasteiger partial charge on any atom is -0.299 e. The Labute approximate surface area is 160 Å². The molecule has 0 atom stereocenters. The van der Waals surface area contributed by atoms with Crippen LogP contribution in [0.5, 0.6) is 0 Å². The van der Waals surface area contributed by atoms with Crippen molar-refractivity contribution in [1.29, 1.82) is 0 Å². The standard InChI is InChI=1S/2C11H20O2/c2*1-4-5-6-10(12)8-11(13)7-9(2)3/h2*9H,4-8H2,1-3H3. The van der Waals surface area contributed by atoms with Crippen LogP contribution in [0.25, 0.3) is 0 Å². The molecule has 0 fully saturated rings. The van der Waals surface area contributed by atoms with E-state index in [0.29, 0.717) is 37.5 Å². The fourth-order valence-electron chi connectivity index (χ4n) is 2.42. The predicted molar refractivity (Wildman–Crippen MR) is 107 cm³/mol. The van der Waals surface area contributed by atoms with Gasteiger partial charge in [0.15, 0.2) is 0 Å². The normalized spacial score (nSPS) is 10.5. The first-order valence-corrected chi connectivity index (χ1v) is 10.2. The van der Waals surface area contributed by atoms with E-state index >= 15 is 0 Å². The predicted octanol–water partition coefficient (Wildman–Crippen LogP) is 5.50. The van der Waals surface area contributed by atoms with Crippen LogP contribution in [0.1, 0.15) is 106 Å². The maximum absolute atomic E-state index is 11.2. The zero-order valence-electron chi connectivity index (χ0n) is 17.9. The Kier molecular flexibility index (Phi) is 17.7. The van der Waals surface area contributed by atoms with Crippen LogP contribution < -0.4 is 0 Å². The molecule has 0 aliphatic carbocycles. The fraction of sp³-hybridized carbons (Fsp3) is 0.818. The quantitative estimate of drug-likeness (QED) is 0.379. The van der Waals surface area contributed by atoms with E-state index in [0.717, 1.165) is 25.7 Å². The summed E-state index contributed by atoms with van der Waals surface area (Å²) in [5, 5.41) is 0. The Morgan fingerprint density at radius 2 is 0.885 bits per heavy atom. The molecule has 0 unspecified atom stereocenters. The van der Waals surface area contributed by atoms with Gasteiger partial charge < -0.3 is 0 Å². The molecular weight excluding hydrogens is 328 g/mol. The maximum Gasteiger partial charge on any atom is 0.140 e. The molecule has 0 rings (SSSR count). The van der Waals surface area contributed by atoms with Gasteiger partial charge in [-0.25, -0.2) is 0 Å². The fourth-order valence-corrected chi connectivity index (χ4v) is 2.42. The van der Waals surface area contributed by atoms with Gasteiger partial charge in [-0.1, -0.05) is 54.4 Å². The lowest BCUT2D eigenvalue weighted by Gasteiger charge is -2.02. The summed E-state index contributed by atoms with van der Waals surface area (Å²) < 4.78 is 0. The van der Waals surface area contributed by atoms with Gasteiger partial charge in [0.2, 0.25) is 0 Å². The maximum atomic E-state index is 11.2. The Morgan fingerprint density at radius 1 is 0.577 bits per heavy atom. The average Bonchev–Trinajstić information content (AvgIpc) is 2.49. The van der Waals surface area contributed by atoms with Crippen LogP contribution in [0.4, 0.5) is 0 Å². The lowest BCUT2D eigenvalue weighted by Crippen LogP contribution is -2.09. The van der Waals surface area contributed by atoms with Gasteiger partial charge in [-0.2, -0.15) is 0 Å². The molecule has 0 aliphatic rings.